The summed E-state index contributed by atoms with van der Waals surface area (Å²) in [7, 11) is 0. The molecule has 106 valence electrons. The maximum atomic E-state index is 3.74. The molecule has 2 heteroatoms. The van der Waals surface area contributed by atoms with Gasteiger partial charge in [-0.15, -0.1) is 0 Å². The minimum absolute atomic E-state index is 0.188. The van der Waals surface area contributed by atoms with Crippen LogP contribution in [-0.4, -0.2) is 25.7 Å². The number of hydrogen-bond donors (Lipinski definition) is 2. The molecule has 19 heavy (non-hydrogen) atoms. The highest BCUT2D eigenvalue weighted by Crippen LogP contribution is 2.26. The molecule has 0 aromatic heterocycles. The van der Waals surface area contributed by atoms with Gasteiger partial charge in [0, 0.05) is 24.5 Å². The van der Waals surface area contributed by atoms with E-state index < -0.39 is 0 Å². The Bertz CT molecular complexity index is 417. The molecular weight excluding hydrogens is 232 g/mol. The SMILES string of the molecule is Cc1ccc(C)c(C(C)(C)CNC2CCCNC2)c1. The Hall–Kier alpha value is -0.860. The van der Waals surface area contributed by atoms with Crippen LogP contribution in [0, 0.1) is 13.8 Å². The van der Waals surface area contributed by atoms with Crippen LogP contribution in [0.3, 0.4) is 0 Å². The molecule has 1 fully saturated rings. The fourth-order valence-corrected chi connectivity index (χ4v) is 2.99. The summed E-state index contributed by atoms with van der Waals surface area (Å²) in [4.78, 5) is 0. The monoisotopic (exact) mass is 260 g/mol. The summed E-state index contributed by atoms with van der Waals surface area (Å²) in [6.45, 7) is 12.4. The molecule has 1 heterocycles. The Morgan fingerprint density at radius 1 is 1.32 bits per heavy atom. The van der Waals surface area contributed by atoms with Crippen molar-refractivity contribution in [2.24, 2.45) is 0 Å². The highest BCUT2D eigenvalue weighted by molar-refractivity contribution is 5.36. The molecule has 0 aliphatic carbocycles. The number of nitrogens with one attached hydrogen (secondary N) is 2. The third-order valence-corrected chi connectivity index (χ3v) is 4.25. The van der Waals surface area contributed by atoms with Crippen LogP contribution in [0.1, 0.15) is 43.4 Å². The molecular formula is C17H28N2. The maximum Gasteiger partial charge on any atom is 0.0193 e. The van der Waals surface area contributed by atoms with Gasteiger partial charge in [0.2, 0.25) is 0 Å². The molecule has 2 N–H and O–H groups in total. The van der Waals surface area contributed by atoms with Crippen LogP contribution in [-0.2, 0) is 5.41 Å². The van der Waals surface area contributed by atoms with Gasteiger partial charge in [-0.25, -0.2) is 0 Å². The minimum atomic E-state index is 0.188. The fraction of sp³-hybridized carbons (Fsp3) is 0.647. The largest absolute Gasteiger partial charge is 0.315 e. The highest BCUT2D eigenvalue weighted by Gasteiger charge is 2.24. The van der Waals surface area contributed by atoms with E-state index in [1.165, 1.54) is 36.1 Å². The Balaban J connectivity index is 2.02. The second kappa shape index (κ2) is 6.06. The third kappa shape index (κ3) is 3.80. The smallest absolute Gasteiger partial charge is 0.0193 e. The van der Waals surface area contributed by atoms with E-state index in [1.807, 2.05) is 0 Å². The van der Waals surface area contributed by atoms with E-state index in [1.54, 1.807) is 0 Å². The molecule has 2 rings (SSSR count). The first-order valence-electron chi connectivity index (χ1n) is 7.51. The van der Waals surface area contributed by atoms with E-state index in [-0.39, 0.29) is 5.41 Å². The van der Waals surface area contributed by atoms with Crippen molar-refractivity contribution in [2.75, 3.05) is 19.6 Å². The van der Waals surface area contributed by atoms with Gasteiger partial charge in [0.1, 0.15) is 0 Å². The molecule has 1 atom stereocenters. The molecule has 1 aromatic rings. The van der Waals surface area contributed by atoms with Gasteiger partial charge in [0.05, 0.1) is 0 Å². The summed E-state index contributed by atoms with van der Waals surface area (Å²) in [5.41, 5.74) is 4.42. The zero-order chi connectivity index (χ0) is 13.9. The molecule has 1 unspecified atom stereocenters. The number of hydrogen-bond acceptors (Lipinski definition) is 2. The van der Waals surface area contributed by atoms with Gasteiger partial charge in [-0.05, 0) is 44.4 Å². The fourth-order valence-electron chi connectivity index (χ4n) is 2.99. The molecule has 1 aliphatic rings. The maximum absolute atomic E-state index is 3.74. The number of piperidine rings is 1. The third-order valence-electron chi connectivity index (χ3n) is 4.25. The van der Waals surface area contributed by atoms with Crippen molar-refractivity contribution in [2.45, 2.75) is 52.0 Å². The molecule has 1 saturated heterocycles. The lowest BCUT2D eigenvalue weighted by atomic mass is 9.81. The number of rotatable bonds is 4. The van der Waals surface area contributed by atoms with Crippen molar-refractivity contribution in [3.8, 4) is 0 Å². The standard InChI is InChI=1S/C17H28N2/c1-13-7-8-14(2)16(10-13)17(3,4)12-19-15-6-5-9-18-11-15/h7-8,10,15,18-19H,5-6,9,11-12H2,1-4H3. The highest BCUT2D eigenvalue weighted by atomic mass is 15.0. The van der Waals surface area contributed by atoms with Crippen LogP contribution in [0.4, 0.5) is 0 Å². The minimum Gasteiger partial charge on any atom is -0.315 e. The van der Waals surface area contributed by atoms with Crippen molar-refractivity contribution >= 4 is 0 Å². The lowest BCUT2D eigenvalue weighted by Gasteiger charge is -2.32. The van der Waals surface area contributed by atoms with Gasteiger partial charge in [-0.3, -0.25) is 0 Å². The molecule has 0 saturated carbocycles. The molecule has 0 spiro atoms. The van der Waals surface area contributed by atoms with Gasteiger partial charge < -0.3 is 10.6 Å². The van der Waals surface area contributed by atoms with Crippen molar-refractivity contribution in [3.63, 3.8) is 0 Å². The predicted molar refractivity (Wildman–Crippen MR) is 82.8 cm³/mol. The van der Waals surface area contributed by atoms with Crippen LogP contribution in [0.5, 0.6) is 0 Å². The van der Waals surface area contributed by atoms with Crippen LogP contribution in [0.2, 0.25) is 0 Å². The Morgan fingerprint density at radius 2 is 2.11 bits per heavy atom. The van der Waals surface area contributed by atoms with Crippen molar-refractivity contribution in [1.82, 2.24) is 10.6 Å². The average molecular weight is 260 g/mol. The van der Waals surface area contributed by atoms with Gasteiger partial charge in [-0.2, -0.15) is 0 Å². The number of benzene rings is 1. The van der Waals surface area contributed by atoms with E-state index in [0.717, 1.165) is 13.1 Å². The van der Waals surface area contributed by atoms with E-state index >= 15 is 0 Å². The average Bonchev–Trinajstić information content (AvgIpc) is 2.40. The first kappa shape index (κ1) is 14.5. The van der Waals surface area contributed by atoms with Crippen LogP contribution >= 0.6 is 0 Å². The van der Waals surface area contributed by atoms with E-state index in [9.17, 15) is 0 Å². The number of aryl methyl sites for hydroxylation is 2. The van der Waals surface area contributed by atoms with E-state index in [4.69, 9.17) is 0 Å². The van der Waals surface area contributed by atoms with Gasteiger partial charge in [0.25, 0.3) is 0 Å². The lowest BCUT2D eigenvalue weighted by Crippen LogP contribution is -2.47. The topological polar surface area (TPSA) is 24.1 Å². The van der Waals surface area contributed by atoms with Crippen LogP contribution < -0.4 is 10.6 Å². The summed E-state index contributed by atoms with van der Waals surface area (Å²) >= 11 is 0. The van der Waals surface area contributed by atoms with Gasteiger partial charge in [0.15, 0.2) is 0 Å². The molecule has 1 aromatic carbocycles. The molecule has 0 bridgehead atoms. The van der Waals surface area contributed by atoms with Gasteiger partial charge >= 0.3 is 0 Å². The first-order valence-corrected chi connectivity index (χ1v) is 7.51. The Labute approximate surface area is 118 Å². The van der Waals surface area contributed by atoms with Crippen molar-refractivity contribution < 1.29 is 0 Å². The van der Waals surface area contributed by atoms with Crippen LogP contribution in [0.15, 0.2) is 18.2 Å². The zero-order valence-corrected chi connectivity index (χ0v) is 12.8. The normalized spacial score (nSPS) is 20.5. The Morgan fingerprint density at radius 3 is 2.79 bits per heavy atom. The predicted octanol–water partition coefficient (Wildman–Crippen LogP) is 2.92. The van der Waals surface area contributed by atoms with Crippen LogP contribution in [0.25, 0.3) is 0 Å². The summed E-state index contributed by atoms with van der Waals surface area (Å²) in [6.07, 6.45) is 2.59. The van der Waals surface area contributed by atoms with Gasteiger partial charge in [-0.1, -0.05) is 37.6 Å². The summed E-state index contributed by atoms with van der Waals surface area (Å²) in [5.74, 6) is 0. The second-order valence-corrected chi connectivity index (χ2v) is 6.63. The lowest BCUT2D eigenvalue weighted by molar-refractivity contribution is 0.353. The van der Waals surface area contributed by atoms with Crippen molar-refractivity contribution in [3.05, 3.63) is 34.9 Å². The Kier molecular flexibility index (Phi) is 4.64. The quantitative estimate of drug-likeness (QED) is 0.870. The zero-order valence-electron chi connectivity index (χ0n) is 12.8. The molecule has 0 amide bonds. The molecule has 2 nitrogen and oxygen atoms in total. The summed E-state index contributed by atoms with van der Waals surface area (Å²) in [5, 5.41) is 7.21. The van der Waals surface area contributed by atoms with Crippen molar-refractivity contribution in [1.29, 1.82) is 0 Å². The summed E-state index contributed by atoms with van der Waals surface area (Å²) in [6, 6.07) is 7.43. The summed E-state index contributed by atoms with van der Waals surface area (Å²) < 4.78 is 0. The first-order chi connectivity index (χ1) is 8.99. The molecule has 0 radical (unpaired) electrons. The second-order valence-electron chi connectivity index (χ2n) is 6.63. The van der Waals surface area contributed by atoms with E-state index in [2.05, 4.69) is 56.5 Å². The van der Waals surface area contributed by atoms with E-state index in [0.29, 0.717) is 6.04 Å². The molecule has 1 aliphatic heterocycles.